The SMILES string of the molecule is COc1cccc(-c2nnc(NS(=O)(=O)[C@@H](C)[C@H](C)c3ncc(Cl)cn3)n2CC(=O)C=C(N)C(F)(F)F)n1. The molecular formula is C21H22ClF3N8O4S. The van der Waals surface area contributed by atoms with Gasteiger partial charge in [-0.3, -0.25) is 14.1 Å². The molecule has 0 aliphatic carbocycles. The molecule has 2 atom stereocenters. The molecule has 0 saturated heterocycles. The van der Waals surface area contributed by atoms with E-state index in [1.807, 2.05) is 0 Å². The number of carbonyl (C=O) groups is 1. The number of nitrogens with zero attached hydrogens (tertiary/aromatic N) is 6. The lowest BCUT2D eigenvalue weighted by atomic mass is 10.1. The van der Waals surface area contributed by atoms with E-state index in [0.717, 1.165) is 4.57 Å². The summed E-state index contributed by atoms with van der Waals surface area (Å²) < 4.78 is 73.2. The van der Waals surface area contributed by atoms with Gasteiger partial charge in [-0.1, -0.05) is 24.6 Å². The number of rotatable bonds is 10. The number of hydrogen-bond donors (Lipinski definition) is 2. The summed E-state index contributed by atoms with van der Waals surface area (Å²) in [6.45, 7) is 2.19. The topological polar surface area (TPSA) is 168 Å². The quantitative estimate of drug-likeness (QED) is 0.343. The van der Waals surface area contributed by atoms with Crippen molar-refractivity contribution in [1.82, 2.24) is 29.7 Å². The Morgan fingerprint density at radius 2 is 1.89 bits per heavy atom. The molecule has 12 nitrogen and oxygen atoms in total. The first-order valence-electron chi connectivity index (χ1n) is 10.7. The van der Waals surface area contributed by atoms with E-state index >= 15 is 0 Å². The fraction of sp³-hybridized carbons (Fsp3) is 0.333. The number of ketones is 1. The van der Waals surface area contributed by atoms with Crippen LogP contribution in [-0.2, 0) is 21.4 Å². The molecule has 3 aromatic heterocycles. The van der Waals surface area contributed by atoms with Crippen LogP contribution in [-0.4, -0.2) is 62.5 Å². The van der Waals surface area contributed by atoms with Crippen LogP contribution in [0.4, 0.5) is 19.1 Å². The van der Waals surface area contributed by atoms with E-state index in [1.54, 1.807) is 13.0 Å². The third-order valence-corrected chi connectivity index (χ3v) is 7.39. The molecule has 0 bridgehead atoms. The molecular weight excluding hydrogens is 553 g/mol. The Morgan fingerprint density at radius 3 is 2.50 bits per heavy atom. The van der Waals surface area contributed by atoms with Crippen LogP contribution in [0, 0.1) is 0 Å². The molecule has 0 aromatic carbocycles. The Labute approximate surface area is 220 Å². The van der Waals surface area contributed by atoms with Crippen LogP contribution in [0.2, 0.25) is 5.02 Å². The second kappa shape index (κ2) is 11.3. The van der Waals surface area contributed by atoms with Gasteiger partial charge in [0.1, 0.15) is 17.2 Å². The number of methoxy groups -OCH3 is 1. The summed E-state index contributed by atoms with van der Waals surface area (Å²) in [5, 5.41) is 6.86. The van der Waals surface area contributed by atoms with E-state index in [2.05, 4.69) is 29.9 Å². The van der Waals surface area contributed by atoms with Gasteiger partial charge in [0.15, 0.2) is 11.6 Å². The van der Waals surface area contributed by atoms with Crippen molar-refractivity contribution >= 4 is 33.4 Å². The Kier molecular flexibility index (Phi) is 8.56. The van der Waals surface area contributed by atoms with Gasteiger partial charge in [-0.15, -0.1) is 10.2 Å². The fourth-order valence-corrected chi connectivity index (χ4v) is 4.43. The first kappa shape index (κ1) is 28.8. The van der Waals surface area contributed by atoms with Crippen LogP contribution < -0.4 is 15.2 Å². The average Bonchev–Trinajstić information content (AvgIpc) is 3.23. The van der Waals surface area contributed by atoms with Gasteiger partial charge in [0.25, 0.3) is 0 Å². The number of sulfonamides is 1. The Hall–Kier alpha value is -3.79. The summed E-state index contributed by atoms with van der Waals surface area (Å²) in [6, 6.07) is 4.53. The number of nitrogens with two attached hydrogens (primary N) is 1. The molecule has 3 heterocycles. The lowest BCUT2D eigenvalue weighted by Gasteiger charge is -2.20. The molecule has 17 heteroatoms. The number of ether oxygens (including phenoxy) is 1. The summed E-state index contributed by atoms with van der Waals surface area (Å²) in [7, 11) is -2.86. The smallest absolute Gasteiger partial charge is 0.430 e. The maximum atomic E-state index is 13.2. The first-order chi connectivity index (χ1) is 17.7. The Bertz CT molecular complexity index is 1450. The Morgan fingerprint density at radius 1 is 1.24 bits per heavy atom. The minimum atomic E-state index is -4.93. The maximum absolute atomic E-state index is 13.2. The van der Waals surface area contributed by atoms with Crippen molar-refractivity contribution in [2.75, 3.05) is 11.8 Å². The van der Waals surface area contributed by atoms with Gasteiger partial charge >= 0.3 is 6.18 Å². The lowest BCUT2D eigenvalue weighted by Crippen LogP contribution is -2.32. The third-order valence-electron chi connectivity index (χ3n) is 5.35. The standard InChI is InChI=1S/C21H22ClF3N8O4S/c1-11(18-27-8-13(22)9-28-18)12(2)38(35,36)32-20-31-30-19(15-5-4-6-17(29-15)37-3)33(20)10-14(34)7-16(26)21(23,24)25/h4-9,11-12H,10,26H2,1-3H3,(H,31,32)/t11-,12-/m0/s1. The van der Waals surface area contributed by atoms with Crippen LogP contribution in [0.1, 0.15) is 25.6 Å². The number of allylic oxidation sites excluding steroid dienone is 2. The zero-order valence-electron chi connectivity index (χ0n) is 20.1. The van der Waals surface area contributed by atoms with Gasteiger partial charge in [0, 0.05) is 30.5 Å². The lowest BCUT2D eigenvalue weighted by molar-refractivity contribution is -0.116. The van der Waals surface area contributed by atoms with E-state index in [-0.39, 0.29) is 34.3 Å². The number of carbonyl (C=O) groups excluding carboxylic acids is 1. The number of hydrogen-bond acceptors (Lipinski definition) is 10. The summed E-state index contributed by atoms with van der Waals surface area (Å²) in [5.74, 6) is -1.99. The van der Waals surface area contributed by atoms with E-state index < -0.39 is 51.3 Å². The normalized spacial score (nSPS) is 14.1. The highest BCUT2D eigenvalue weighted by Gasteiger charge is 2.33. The molecule has 0 saturated carbocycles. The molecule has 3 rings (SSSR count). The highest BCUT2D eigenvalue weighted by atomic mass is 35.5. The van der Waals surface area contributed by atoms with Crippen LogP contribution in [0.15, 0.2) is 42.4 Å². The van der Waals surface area contributed by atoms with E-state index in [1.165, 1.54) is 38.6 Å². The number of aromatic nitrogens is 6. The molecule has 0 radical (unpaired) electrons. The molecule has 3 aromatic rings. The molecule has 0 fully saturated rings. The van der Waals surface area contributed by atoms with Crippen molar-refractivity contribution < 1.29 is 31.1 Å². The number of anilines is 1. The van der Waals surface area contributed by atoms with Crippen LogP contribution in [0.25, 0.3) is 11.5 Å². The summed E-state index contributed by atoms with van der Waals surface area (Å²) >= 11 is 5.79. The summed E-state index contributed by atoms with van der Waals surface area (Å²) in [5.41, 5.74) is 3.45. The van der Waals surface area contributed by atoms with Crippen molar-refractivity contribution in [2.24, 2.45) is 5.73 Å². The molecule has 0 aliphatic heterocycles. The molecule has 204 valence electrons. The molecule has 38 heavy (non-hydrogen) atoms. The number of nitrogens with one attached hydrogen (secondary N) is 1. The molecule has 3 N–H and O–H groups in total. The predicted molar refractivity (Wildman–Crippen MR) is 131 cm³/mol. The fourth-order valence-electron chi connectivity index (χ4n) is 3.08. The average molecular weight is 575 g/mol. The Balaban J connectivity index is 2.00. The molecule has 0 unspecified atom stereocenters. The second-order valence-electron chi connectivity index (χ2n) is 7.96. The van der Waals surface area contributed by atoms with Gasteiger partial charge in [-0.2, -0.15) is 13.2 Å². The van der Waals surface area contributed by atoms with Crippen LogP contribution in [0.5, 0.6) is 5.88 Å². The number of pyridine rings is 1. The van der Waals surface area contributed by atoms with Gasteiger partial charge < -0.3 is 10.5 Å². The largest absolute Gasteiger partial charge is 0.481 e. The summed E-state index contributed by atoms with van der Waals surface area (Å²) in [4.78, 5) is 24.7. The van der Waals surface area contributed by atoms with Crippen molar-refractivity contribution in [3.8, 4) is 17.4 Å². The van der Waals surface area contributed by atoms with E-state index in [9.17, 15) is 26.4 Å². The van der Waals surface area contributed by atoms with Crippen LogP contribution in [0.3, 0.4) is 0 Å². The maximum Gasteiger partial charge on any atom is 0.430 e. The van der Waals surface area contributed by atoms with Crippen molar-refractivity contribution in [3.63, 3.8) is 0 Å². The van der Waals surface area contributed by atoms with Gasteiger partial charge in [0.05, 0.1) is 23.9 Å². The molecule has 0 amide bonds. The second-order valence-corrected chi connectivity index (χ2v) is 10.4. The van der Waals surface area contributed by atoms with Crippen molar-refractivity contribution in [2.45, 2.75) is 37.7 Å². The van der Waals surface area contributed by atoms with E-state index in [4.69, 9.17) is 22.1 Å². The predicted octanol–water partition coefficient (Wildman–Crippen LogP) is 2.70. The molecule has 0 aliphatic rings. The van der Waals surface area contributed by atoms with Crippen molar-refractivity contribution in [1.29, 1.82) is 0 Å². The van der Waals surface area contributed by atoms with Gasteiger partial charge in [-0.25, -0.2) is 23.4 Å². The molecule has 0 spiro atoms. The monoisotopic (exact) mass is 574 g/mol. The van der Waals surface area contributed by atoms with Gasteiger partial charge in [-0.05, 0) is 13.0 Å². The zero-order chi connectivity index (χ0) is 28.3. The van der Waals surface area contributed by atoms with Crippen LogP contribution >= 0.6 is 11.6 Å². The zero-order valence-corrected chi connectivity index (χ0v) is 21.7. The summed E-state index contributed by atoms with van der Waals surface area (Å²) in [6.07, 6.45) is -2.09. The highest BCUT2D eigenvalue weighted by Crippen LogP contribution is 2.26. The number of alkyl halides is 3. The first-order valence-corrected chi connectivity index (χ1v) is 12.7. The highest BCUT2D eigenvalue weighted by molar-refractivity contribution is 7.93. The third kappa shape index (κ3) is 6.74. The van der Waals surface area contributed by atoms with Crippen molar-refractivity contribution in [3.05, 3.63) is 53.2 Å². The minimum absolute atomic E-state index is 0.110. The number of halogens is 4. The van der Waals surface area contributed by atoms with Gasteiger partial charge in [0.2, 0.25) is 21.9 Å². The minimum Gasteiger partial charge on any atom is -0.481 e. The van der Waals surface area contributed by atoms with E-state index in [0.29, 0.717) is 0 Å².